The molecule has 1 heterocycles. The predicted molar refractivity (Wildman–Crippen MR) is 63.8 cm³/mol. The van der Waals surface area contributed by atoms with E-state index in [1.807, 2.05) is 0 Å². The van der Waals surface area contributed by atoms with E-state index in [0.717, 1.165) is 32.4 Å². The van der Waals surface area contributed by atoms with Gasteiger partial charge in [-0.25, -0.2) is 4.39 Å². The van der Waals surface area contributed by atoms with Gasteiger partial charge in [-0.15, -0.1) is 12.3 Å². The molecule has 0 bridgehead atoms. The quantitative estimate of drug-likeness (QED) is 0.360. The second-order valence-electron chi connectivity index (χ2n) is 4.18. The molecular weight excluding hydrogens is 205 g/mol. The van der Waals surface area contributed by atoms with Crippen molar-refractivity contribution >= 4 is 0 Å². The Hall–Kier alpha value is -0.590. The maximum Gasteiger partial charge on any atom is 0.140 e. The largest absolute Gasteiger partial charge is 0.350 e. The lowest BCUT2D eigenvalue weighted by atomic mass is 10.1. The van der Waals surface area contributed by atoms with E-state index in [2.05, 4.69) is 24.7 Å². The van der Waals surface area contributed by atoms with Crippen molar-refractivity contribution in [2.45, 2.75) is 58.0 Å². The van der Waals surface area contributed by atoms with Gasteiger partial charge < -0.3 is 4.74 Å². The van der Waals surface area contributed by atoms with E-state index < -0.39 is 6.17 Å². The molecule has 16 heavy (non-hydrogen) atoms. The van der Waals surface area contributed by atoms with Gasteiger partial charge in [0.15, 0.2) is 0 Å². The zero-order valence-electron chi connectivity index (χ0n) is 10.3. The molecule has 1 saturated heterocycles. The fourth-order valence-electron chi connectivity index (χ4n) is 1.99. The number of alkyl halides is 1. The number of likely N-dealkylation sites (N-methyl/N-ethyl adjacent to an activating group) is 1. The maximum atomic E-state index is 13.7. The minimum absolute atomic E-state index is 0.0117. The van der Waals surface area contributed by atoms with E-state index in [4.69, 9.17) is 11.2 Å². The number of rotatable bonds is 8. The third-order valence-corrected chi connectivity index (χ3v) is 3.08. The number of terminal acetylenes is 1. The topological polar surface area (TPSA) is 15.8 Å². The van der Waals surface area contributed by atoms with Crippen molar-refractivity contribution in [1.82, 2.24) is 4.90 Å². The Morgan fingerprint density at radius 3 is 2.62 bits per heavy atom. The van der Waals surface area contributed by atoms with Gasteiger partial charge in [0.1, 0.15) is 18.5 Å². The van der Waals surface area contributed by atoms with Crippen molar-refractivity contribution in [1.29, 1.82) is 0 Å². The highest BCUT2D eigenvalue weighted by molar-refractivity contribution is 4.90. The molecule has 3 heteroatoms. The zero-order valence-corrected chi connectivity index (χ0v) is 10.3. The second-order valence-corrected chi connectivity index (χ2v) is 4.18. The molecule has 2 nitrogen and oxygen atoms in total. The molecule has 3 atom stereocenters. The van der Waals surface area contributed by atoms with Gasteiger partial charge in [-0.1, -0.05) is 13.8 Å². The standard InChI is InChI=1S/C13H22FNO/c1-4-7-8-9-10-11(14)12-13(16-12)15(5-2)6-3/h1,11-13H,5-10H2,2-3H3. The van der Waals surface area contributed by atoms with E-state index in [1.165, 1.54) is 0 Å². The molecule has 1 fully saturated rings. The summed E-state index contributed by atoms with van der Waals surface area (Å²) < 4.78 is 19.1. The first kappa shape index (κ1) is 13.5. The van der Waals surface area contributed by atoms with E-state index in [1.54, 1.807) is 0 Å². The lowest BCUT2D eigenvalue weighted by Gasteiger charge is -2.15. The molecule has 0 amide bonds. The van der Waals surface area contributed by atoms with Crippen molar-refractivity contribution < 1.29 is 9.13 Å². The van der Waals surface area contributed by atoms with Crippen LogP contribution < -0.4 is 0 Å². The number of hydrogen-bond acceptors (Lipinski definition) is 2. The summed E-state index contributed by atoms with van der Waals surface area (Å²) in [4.78, 5) is 2.15. The van der Waals surface area contributed by atoms with Crippen LogP contribution in [-0.2, 0) is 4.74 Å². The minimum Gasteiger partial charge on any atom is -0.350 e. The van der Waals surface area contributed by atoms with Crippen LogP contribution in [0.25, 0.3) is 0 Å². The van der Waals surface area contributed by atoms with Crippen LogP contribution in [0.5, 0.6) is 0 Å². The fraction of sp³-hybridized carbons (Fsp3) is 0.846. The molecule has 0 spiro atoms. The fourth-order valence-corrected chi connectivity index (χ4v) is 1.99. The number of unbranched alkanes of at least 4 members (excludes halogenated alkanes) is 2. The summed E-state index contributed by atoms with van der Waals surface area (Å²) in [6.07, 6.45) is 7.21. The second kappa shape index (κ2) is 6.88. The monoisotopic (exact) mass is 227 g/mol. The summed E-state index contributed by atoms with van der Waals surface area (Å²) in [5.41, 5.74) is 0. The summed E-state index contributed by atoms with van der Waals surface area (Å²) in [5.74, 6) is 2.57. The third-order valence-electron chi connectivity index (χ3n) is 3.08. The number of ether oxygens (including phenoxy) is 1. The van der Waals surface area contributed by atoms with Crippen LogP contribution in [0, 0.1) is 12.3 Å². The Morgan fingerprint density at radius 2 is 2.06 bits per heavy atom. The van der Waals surface area contributed by atoms with Crippen LogP contribution in [0.2, 0.25) is 0 Å². The van der Waals surface area contributed by atoms with E-state index in [9.17, 15) is 4.39 Å². The summed E-state index contributed by atoms with van der Waals surface area (Å²) >= 11 is 0. The molecule has 0 radical (unpaired) electrons. The zero-order chi connectivity index (χ0) is 12.0. The van der Waals surface area contributed by atoms with Gasteiger partial charge in [0.2, 0.25) is 0 Å². The predicted octanol–water partition coefficient (Wildman–Crippen LogP) is 2.58. The number of hydrogen-bond donors (Lipinski definition) is 0. The molecule has 0 aromatic rings. The highest BCUT2D eigenvalue weighted by Gasteiger charge is 2.47. The smallest absolute Gasteiger partial charge is 0.140 e. The summed E-state index contributed by atoms with van der Waals surface area (Å²) in [7, 11) is 0. The van der Waals surface area contributed by atoms with Crippen molar-refractivity contribution in [2.24, 2.45) is 0 Å². The summed E-state index contributed by atoms with van der Waals surface area (Å²) in [5, 5.41) is 0. The lowest BCUT2D eigenvalue weighted by Crippen LogP contribution is -2.30. The average molecular weight is 227 g/mol. The van der Waals surface area contributed by atoms with Crippen LogP contribution in [0.3, 0.4) is 0 Å². The van der Waals surface area contributed by atoms with Gasteiger partial charge in [0, 0.05) is 6.42 Å². The molecular formula is C13H22FNO. The molecule has 0 saturated carbocycles. The van der Waals surface area contributed by atoms with Gasteiger partial charge in [-0.2, -0.15) is 0 Å². The van der Waals surface area contributed by atoms with Crippen LogP contribution in [0.15, 0.2) is 0 Å². The first-order valence-electron chi connectivity index (χ1n) is 6.21. The Labute approximate surface area is 98.2 Å². The highest BCUT2D eigenvalue weighted by atomic mass is 19.1. The first-order chi connectivity index (χ1) is 7.74. The Morgan fingerprint density at radius 1 is 1.38 bits per heavy atom. The molecule has 1 rings (SSSR count). The van der Waals surface area contributed by atoms with E-state index in [-0.39, 0.29) is 12.3 Å². The van der Waals surface area contributed by atoms with Crippen LogP contribution in [-0.4, -0.2) is 36.5 Å². The molecule has 1 aliphatic rings. The third kappa shape index (κ3) is 3.77. The van der Waals surface area contributed by atoms with E-state index in [0.29, 0.717) is 6.42 Å². The molecule has 92 valence electrons. The van der Waals surface area contributed by atoms with Gasteiger partial charge in [-0.3, -0.25) is 4.90 Å². The van der Waals surface area contributed by atoms with Crippen molar-refractivity contribution in [3.05, 3.63) is 0 Å². The lowest BCUT2D eigenvalue weighted by molar-refractivity contribution is 0.186. The summed E-state index contributed by atoms with van der Waals surface area (Å²) in [6, 6.07) is 0. The first-order valence-corrected chi connectivity index (χ1v) is 6.21. The summed E-state index contributed by atoms with van der Waals surface area (Å²) in [6.45, 7) is 5.98. The Balaban J connectivity index is 2.15. The maximum absolute atomic E-state index is 13.7. The average Bonchev–Trinajstić information content (AvgIpc) is 3.06. The Bertz CT molecular complexity index is 235. The molecule has 0 aliphatic carbocycles. The molecule has 1 aliphatic heterocycles. The number of epoxide rings is 1. The molecule has 0 aromatic heterocycles. The highest BCUT2D eigenvalue weighted by Crippen LogP contribution is 2.32. The van der Waals surface area contributed by atoms with Crippen molar-refractivity contribution in [2.75, 3.05) is 13.1 Å². The van der Waals surface area contributed by atoms with Gasteiger partial charge >= 0.3 is 0 Å². The molecule has 0 N–H and O–H groups in total. The minimum atomic E-state index is -0.830. The van der Waals surface area contributed by atoms with Gasteiger partial charge in [0.25, 0.3) is 0 Å². The van der Waals surface area contributed by atoms with Gasteiger partial charge in [-0.05, 0) is 32.4 Å². The van der Waals surface area contributed by atoms with Crippen LogP contribution in [0.1, 0.15) is 39.5 Å². The number of halogens is 1. The van der Waals surface area contributed by atoms with Gasteiger partial charge in [0.05, 0.1) is 0 Å². The van der Waals surface area contributed by atoms with E-state index >= 15 is 0 Å². The normalized spacial score (nSPS) is 25.4. The number of nitrogens with zero attached hydrogens (tertiary/aromatic N) is 1. The molecule has 3 unspecified atom stereocenters. The van der Waals surface area contributed by atoms with Crippen molar-refractivity contribution in [3.63, 3.8) is 0 Å². The van der Waals surface area contributed by atoms with Crippen LogP contribution in [0.4, 0.5) is 4.39 Å². The van der Waals surface area contributed by atoms with Crippen LogP contribution >= 0.6 is 0 Å². The Kier molecular flexibility index (Phi) is 5.79. The molecule has 0 aromatic carbocycles. The SMILES string of the molecule is C#CCCCCC(F)C1OC1N(CC)CC. The van der Waals surface area contributed by atoms with Crippen molar-refractivity contribution in [3.8, 4) is 12.3 Å².